The van der Waals surface area contributed by atoms with Crippen LogP contribution in [-0.2, 0) is 0 Å². The second kappa shape index (κ2) is 3.00. The average molecular weight is 184 g/mol. The molecule has 0 N–H and O–H groups in total. The molecule has 0 aliphatic rings. The Bertz CT molecular complexity index is 546. The molecule has 0 atom stereocenters. The third-order valence-corrected chi connectivity index (χ3v) is 2.17. The molecule has 0 aliphatic carbocycles. The second-order valence-electron chi connectivity index (χ2n) is 3.06. The van der Waals surface area contributed by atoms with Crippen LogP contribution < -0.4 is 0 Å². The standard InChI is InChI=1S/C11H8N2O/c1-8(14)13-6-5-9-3-2-4-10(7-12)11(9)13/h2-6H,1H3. The first-order valence-corrected chi connectivity index (χ1v) is 4.25. The summed E-state index contributed by atoms with van der Waals surface area (Å²) in [5.74, 6) is -0.0808. The lowest BCUT2D eigenvalue weighted by atomic mass is 10.1. The van der Waals surface area contributed by atoms with Crippen molar-refractivity contribution in [2.75, 3.05) is 0 Å². The number of benzene rings is 1. The fourth-order valence-electron chi connectivity index (χ4n) is 1.55. The molecule has 0 spiro atoms. The molecule has 0 bridgehead atoms. The first kappa shape index (κ1) is 8.52. The summed E-state index contributed by atoms with van der Waals surface area (Å²) in [5.41, 5.74) is 1.23. The Labute approximate surface area is 81.2 Å². The van der Waals surface area contributed by atoms with Gasteiger partial charge in [-0.05, 0) is 12.1 Å². The van der Waals surface area contributed by atoms with Crippen LogP contribution in [0, 0.1) is 11.3 Å². The number of carbonyl (C=O) groups excluding carboxylic acids is 1. The van der Waals surface area contributed by atoms with Crippen molar-refractivity contribution in [3.05, 3.63) is 36.0 Å². The molecule has 1 aromatic heterocycles. The van der Waals surface area contributed by atoms with Gasteiger partial charge in [0, 0.05) is 18.5 Å². The minimum atomic E-state index is -0.0808. The van der Waals surface area contributed by atoms with Gasteiger partial charge in [-0.3, -0.25) is 9.36 Å². The first-order chi connectivity index (χ1) is 6.74. The fraction of sp³-hybridized carbons (Fsp3) is 0.0909. The number of carbonyl (C=O) groups is 1. The van der Waals surface area contributed by atoms with Gasteiger partial charge in [0.05, 0.1) is 11.1 Å². The summed E-state index contributed by atoms with van der Waals surface area (Å²) < 4.78 is 1.49. The number of nitrogens with zero attached hydrogens (tertiary/aromatic N) is 2. The van der Waals surface area contributed by atoms with Crippen LogP contribution in [0.15, 0.2) is 30.5 Å². The predicted octanol–water partition coefficient (Wildman–Crippen LogP) is 2.17. The van der Waals surface area contributed by atoms with Gasteiger partial charge in [0.15, 0.2) is 0 Å². The molecular weight excluding hydrogens is 176 g/mol. The smallest absolute Gasteiger partial charge is 0.227 e. The van der Waals surface area contributed by atoms with Crippen molar-refractivity contribution in [3.8, 4) is 6.07 Å². The van der Waals surface area contributed by atoms with Crippen LogP contribution in [0.25, 0.3) is 10.9 Å². The largest absolute Gasteiger partial charge is 0.286 e. The highest BCUT2D eigenvalue weighted by Crippen LogP contribution is 2.19. The number of hydrogen-bond acceptors (Lipinski definition) is 2. The molecule has 2 rings (SSSR count). The van der Waals surface area contributed by atoms with Gasteiger partial charge in [-0.25, -0.2) is 0 Å². The quantitative estimate of drug-likeness (QED) is 0.629. The van der Waals surface area contributed by atoms with Crippen molar-refractivity contribution >= 4 is 16.8 Å². The number of aromatic nitrogens is 1. The topological polar surface area (TPSA) is 45.8 Å². The van der Waals surface area contributed by atoms with E-state index in [0.717, 1.165) is 5.39 Å². The van der Waals surface area contributed by atoms with Gasteiger partial charge in [0.1, 0.15) is 6.07 Å². The highest BCUT2D eigenvalue weighted by Gasteiger charge is 2.07. The Morgan fingerprint density at radius 1 is 1.43 bits per heavy atom. The summed E-state index contributed by atoms with van der Waals surface area (Å²) in [7, 11) is 0. The van der Waals surface area contributed by atoms with Gasteiger partial charge in [0.25, 0.3) is 0 Å². The monoisotopic (exact) mass is 184 g/mol. The van der Waals surface area contributed by atoms with E-state index in [4.69, 9.17) is 5.26 Å². The molecule has 1 aromatic carbocycles. The summed E-state index contributed by atoms with van der Waals surface area (Å²) in [4.78, 5) is 11.2. The molecule has 0 fully saturated rings. The third-order valence-electron chi connectivity index (χ3n) is 2.17. The molecule has 3 nitrogen and oxygen atoms in total. The Hall–Kier alpha value is -2.08. The van der Waals surface area contributed by atoms with Crippen LogP contribution >= 0.6 is 0 Å². The summed E-state index contributed by atoms with van der Waals surface area (Å²) in [6.07, 6.45) is 1.69. The Kier molecular flexibility index (Phi) is 1.83. The molecule has 0 aliphatic heterocycles. The lowest BCUT2D eigenvalue weighted by molar-refractivity contribution is 0.0941. The van der Waals surface area contributed by atoms with Crippen molar-refractivity contribution in [1.29, 1.82) is 5.26 Å². The third kappa shape index (κ3) is 1.09. The zero-order valence-corrected chi connectivity index (χ0v) is 7.69. The maximum Gasteiger partial charge on any atom is 0.227 e. The highest BCUT2D eigenvalue weighted by atomic mass is 16.1. The zero-order valence-electron chi connectivity index (χ0n) is 7.69. The molecular formula is C11H8N2O. The average Bonchev–Trinajstić information content (AvgIpc) is 2.60. The number of hydrogen-bond donors (Lipinski definition) is 0. The van der Waals surface area contributed by atoms with Crippen LogP contribution in [0.5, 0.6) is 0 Å². The van der Waals surface area contributed by atoms with Crippen LogP contribution in [0.2, 0.25) is 0 Å². The molecule has 0 unspecified atom stereocenters. The molecule has 0 saturated carbocycles. The van der Waals surface area contributed by atoms with Crippen molar-refractivity contribution in [2.45, 2.75) is 6.92 Å². The van der Waals surface area contributed by atoms with Crippen LogP contribution in [0.3, 0.4) is 0 Å². The second-order valence-corrected chi connectivity index (χ2v) is 3.06. The predicted molar refractivity (Wildman–Crippen MR) is 53.0 cm³/mol. The van der Waals surface area contributed by atoms with Gasteiger partial charge < -0.3 is 0 Å². The molecule has 2 aromatic rings. The van der Waals surface area contributed by atoms with Gasteiger partial charge in [0.2, 0.25) is 5.91 Å². The van der Waals surface area contributed by atoms with E-state index >= 15 is 0 Å². The van der Waals surface area contributed by atoms with E-state index in [1.807, 2.05) is 18.2 Å². The normalized spacial score (nSPS) is 10.0. The molecule has 14 heavy (non-hydrogen) atoms. The van der Waals surface area contributed by atoms with Crippen LogP contribution in [-0.4, -0.2) is 10.5 Å². The maximum atomic E-state index is 11.2. The Morgan fingerprint density at radius 3 is 2.86 bits per heavy atom. The van der Waals surface area contributed by atoms with E-state index in [1.54, 1.807) is 12.3 Å². The lowest BCUT2D eigenvalue weighted by Crippen LogP contribution is -2.03. The van der Waals surface area contributed by atoms with Crippen molar-refractivity contribution < 1.29 is 4.79 Å². The number of fused-ring (bicyclic) bond motifs is 1. The van der Waals surface area contributed by atoms with E-state index in [9.17, 15) is 4.79 Å². The summed E-state index contributed by atoms with van der Waals surface area (Å²) >= 11 is 0. The molecule has 68 valence electrons. The molecule has 0 amide bonds. The van der Waals surface area contributed by atoms with Crippen molar-refractivity contribution in [1.82, 2.24) is 4.57 Å². The van der Waals surface area contributed by atoms with Crippen LogP contribution in [0.1, 0.15) is 17.3 Å². The summed E-state index contributed by atoms with van der Waals surface area (Å²) in [6.45, 7) is 1.48. The minimum Gasteiger partial charge on any atom is -0.286 e. The number of nitriles is 1. The van der Waals surface area contributed by atoms with E-state index in [2.05, 4.69) is 6.07 Å². The lowest BCUT2D eigenvalue weighted by Gasteiger charge is -2.00. The van der Waals surface area contributed by atoms with Gasteiger partial charge >= 0.3 is 0 Å². The van der Waals surface area contributed by atoms with Crippen molar-refractivity contribution in [2.24, 2.45) is 0 Å². The Balaban J connectivity index is 2.89. The van der Waals surface area contributed by atoms with Crippen molar-refractivity contribution in [3.63, 3.8) is 0 Å². The molecule has 1 heterocycles. The SMILES string of the molecule is CC(=O)n1ccc2cccc(C#N)c21. The van der Waals surface area contributed by atoms with E-state index < -0.39 is 0 Å². The maximum absolute atomic E-state index is 11.2. The first-order valence-electron chi connectivity index (χ1n) is 4.25. The van der Waals surface area contributed by atoms with Gasteiger partial charge in [-0.15, -0.1) is 0 Å². The summed E-state index contributed by atoms with van der Waals surface area (Å²) in [5, 5.41) is 9.80. The highest BCUT2D eigenvalue weighted by molar-refractivity contribution is 5.94. The molecule has 0 radical (unpaired) electrons. The molecule has 0 saturated heterocycles. The van der Waals surface area contributed by atoms with E-state index in [-0.39, 0.29) is 5.91 Å². The number of para-hydroxylation sites is 1. The van der Waals surface area contributed by atoms with E-state index in [1.165, 1.54) is 11.5 Å². The van der Waals surface area contributed by atoms with Crippen LogP contribution in [0.4, 0.5) is 0 Å². The van der Waals surface area contributed by atoms with E-state index in [0.29, 0.717) is 11.1 Å². The zero-order chi connectivity index (χ0) is 10.1. The number of rotatable bonds is 0. The Morgan fingerprint density at radius 2 is 2.21 bits per heavy atom. The summed E-state index contributed by atoms with van der Waals surface area (Å²) in [6, 6.07) is 9.31. The molecule has 3 heteroatoms. The fourth-order valence-corrected chi connectivity index (χ4v) is 1.55. The minimum absolute atomic E-state index is 0.0808. The van der Waals surface area contributed by atoms with Gasteiger partial charge in [-0.2, -0.15) is 5.26 Å². The van der Waals surface area contributed by atoms with Gasteiger partial charge in [-0.1, -0.05) is 12.1 Å².